The minimum absolute atomic E-state index is 0.0822. The predicted molar refractivity (Wildman–Crippen MR) is 77.7 cm³/mol. The van der Waals surface area contributed by atoms with Crippen LogP contribution in [0.15, 0.2) is 24.4 Å². The highest BCUT2D eigenvalue weighted by Crippen LogP contribution is 2.23. The third-order valence-electron chi connectivity index (χ3n) is 3.92. The molecule has 1 fully saturated rings. The fraction of sp³-hybridized carbons (Fsp3) is 0.188. The van der Waals surface area contributed by atoms with Crippen molar-refractivity contribution in [3.05, 3.63) is 46.7 Å². The molecule has 0 bridgehead atoms. The van der Waals surface area contributed by atoms with Gasteiger partial charge in [-0.15, -0.1) is 0 Å². The maximum Gasteiger partial charge on any atom is 0.224 e. The third kappa shape index (κ3) is 1.96. The summed E-state index contributed by atoms with van der Waals surface area (Å²) in [5.41, 5.74) is 0.544. The number of carbonyl (C=O) groups is 1. The number of hydrogen-bond donors (Lipinski definition) is 1. The average Bonchev–Trinajstić information content (AvgIpc) is 2.64. The van der Waals surface area contributed by atoms with Gasteiger partial charge in [-0.25, -0.2) is 8.78 Å². The molecule has 1 N–H and O–H groups in total. The number of amides is 1. The van der Waals surface area contributed by atoms with Crippen LogP contribution in [0.5, 0.6) is 0 Å². The number of piperidine rings is 1. The molecular formula is C16H14F2N2O. The Morgan fingerprint density at radius 1 is 1.10 bits per heavy atom. The highest BCUT2D eigenvalue weighted by atomic mass is 19.2. The lowest BCUT2D eigenvalue weighted by molar-refractivity contribution is -0.121. The van der Waals surface area contributed by atoms with Crippen LogP contribution in [0.25, 0.3) is 23.9 Å². The fourth-order valence-electron chi connectivity index (χ4n) is 2.87. The van der Waals surface area contributed by atoms with E-state index < -0.39 is 11.6 Å². The maximum atomic E-state index is 13.4. The van der Waals surface area contributed by atoms with Gasteiger partial charge < -0.3 is 9.88 Å². The van der Waals surface area contributed by atoms with Crippen molar-refractivity contribution in [2.75, 3.05) is 0 Å². The number of benzene rings is 1. The molecule has 3 rings (SSSR count). The van der Waals surface area contributed by atoms with Gasteiger partial charge in [-0.05, 0) is 18.6 Å². The zero-order valence-corrected chi connectivity index (χ0v) is 11.4. The zero-order chi connectivity index (χ0) is 15.3. The summed E-state index contributed by atoms with van der Waals surface area (Å²) in [5, 5.41) is 4.80. The lowest BCUT2D eigenvalue weighted by Gasteiger charge is -2.27. The molecule has 3 nitrogen and oxygen atoms in total. The van der Waals surface area contributed by atoms with E-state index in [1.807, 2.05) is 0 Å². The van der Waals surface area contributed by atoms with Crippen molar-refractivity contribution in [1.29, 1.82) is 0 Å². The van der Waals surface area contributed by atoms with Gasteiger partial charge in [0, 0.05) is 33.6 Å². The average molecular weight is 288 g/mol. The molecule has 1 aliphatic rings. The molecule has 1 aromatic carbocycles. The molecule has 0 radical (unpaired) electrons. The lowest BCUT2D eigenvalue weighted by Crippen LogP contribution is -2.39. The van der Waals surface area contributed by atoms with Gasteiger partial charge in [0.05, 0.1) is 6.04 Å². The van der Waals surface area contributed by atoms with E-state index in [1.165, 1.54) is 0 Å². The Hall–Kier alpha value is -2.43. The van der Waals surface area contributed by atoms with Crippen LogP contribution in [0.4, 0.5) is 8.78 Å². The Morgan fingerprint density at radius 3 is 2.10 bits per heavy atom. The molecule has 2 heterocycles. The summed E-state index contributed by atoms with van der Waals surface area (Å²) in [7, 11) is 0. The molecule has 0 aliphatic carbocycles. The predicted octanol–water partition coefficient (Wildman–Crippen LogP) is 1.70. The molecule has 108 valence electrons. The summed E-state index contributed by atoms with van der Waals surface area (Å²) >= 11 is 0. The molecule has 0 spiro atoms. The van der Waals surface area contributed by atoms with Crippen molar-refractivity contribution in [2.24, 2.45) is 0 Å². The Labute approximate surface area is 119 Å². The number of allylic oxidation sites excluding steroid dienone is 1. The van der Waals surface area contributed by atoms with E-state index in [2.05, 4.69) is 25.1 Å². The molecular weight excluding hydrogens is 274 g/mol. The van der Waals surface area contributed by atoms with Crippen molar-refractivity contribution < 1.29 is 13.6 Å². The van der Waals surface area contributed by atoms with Crippen LogP contribution in [0.1, 0.15) is 18.9 Å². The topological polar surface area (TPSA) is 34.0 Å². The number of nitrogens with zero attached hydrogens (tertiary/aromatic N) is 1. The first-order valence-electron chi connectivity index (χ1n) is 6.55. The van der Waals surface area contributed by atoms with Gasteiger partial charge in [-0.3, -0.25) is 4.79 Å². The van der Waals surface area contributed by atoms with Gasteiger partial charge in [-0.1, -0.05) is 19.7 Å². The van der Waals surface area contributed by atoms with E-state index in [0.29, 0.717) is 40.0 Å². The highest BCUT2D eigenvalue weighted by Gasteiger charge is 2.25. The van der Waals surface area contributed by atoms with Crippen LogP contribution < -0.4 is 16.0 Å². The zero-order valence-electron chi connectivity index (χ0n) is 11.4. The number of fused-ring (bicyclic) bond motifs is 1. The molecule has 1 unspecified atom stereocenters. The van der Waals surface area contributed by atoms with E-state index in [9.17, 15) is 13.6 Å². The molecule has 5 heteroatoms. The first-order chi connectivity index (χ1) is 9.90. The SMILES string of the molecule is C=C1NC(=O)CCC1n1c(=C)c2cc(F)c(F)cc2c1=C. The first-order valence-corrected chi connectivity index (χ1v) is 6.55. The second-order valence-electron chi connectivity index (χ2n) is 5.20. The van der Waals surface area contributed by atoms with Crippen molar-refractivity contribution in [3.63, 3.8) is 0 Å². The van der Waals surface area contributed by atoms with Crippen LogP contribution in [0, 0.1) is 11.6 Å². The number of hydrogen-bond acceptors (Lipinski definition) is 1. The fourth-order valence-corrected chi connectivity index (χ4v) is 2.87. The number of nitrogens with one attached hydrogen (secondary N) is 1. The Morgan fingerprint density at radius 2 is 1.62 bits per heavy atom. The number of aromatic nitrogens is 1. The van der Waals surface area contributed by atoms with Crippen LogP contribution in [-0.2, 0) is 4.79 Å². The minimum atomic E-state index is -0.916. The normalized spacial score (nSPS) is 19.0. The highest BCUT2D eigenvalue weighted by molar-refractivity contribution is 5.84. The van der Waals surface area contributed by atoms with Gasteiger partial charge in [0.25, 0.3) is 0 Å². The van der Waals surface area contributed by atoms with E-state index in [1.54, 1.807) is 4.57 Å². The Balaban J connectivity index is 2.25. The largest absolute Gasteiger partial charge is 0.332 e. The molecule has 1 atom stereocenters. The molecule has 0 saturated carbocycles. The van der Waals surface area contributed by atoms with Gasteiger partial charge >= 0.3 is 0 Å². The van der Waals surface area contributed by atoms with Crippen LogP contribution in [0.3, 0.4) is 0 Å². The summed E-state index contributed by atoms with van der Waals surface area (Å²) in [6.07, 6.45) is 0.918. The monoisotopic (exact) mass is 288 g/mol. The summed E-state index contributed by atoms with van der Waals surface area (Å²) in [5.74, 6) is -1.91. The summed E-state index contributed by atoms with van der Waals surface area (Å²) in [6, 6.07) is 2.05. The maximum absolute atomic E-state index is 13.4. The molecule has 1 saturated heterocycles. The summed E-state index contributed by atoms with van der Waals surface area (Å²) < 4.78 is 28.6. The van der Waals surface area contributed by atoms with E-state index in [0.717, 1.165) is 12.1 Å². The molecule has 21 heavy (non-hydrogen) atoms. The third-order valence-corrected chi connectivity index (χ3v) is 3.92. The molecule has 1 aliphatic heterocycles. The van der Waals surface area contributed by atoms with Gasteiger partial charge in [0.15, 0.2) is 11.6 Å². The molecule has 1 aromatic heterocycles. The van der Waals surface area contributed by atoms with Crippen molar-refractivity contribution >= 4 is 29.8 Å². The molecule has 1 amide bonds. The van der Waals surface area contributed by atoms with Crippen molar-refractivity contribution in [2.45, 2.75) is 18.9 Å². The number of rotatable bonds is 1. The standard InChI is InChI=1S/C16H14F2N2O/c1-8-15(4-5-16(21)19-8)20-9(2)11-6-13(17)14(18)7-12(11)10(20)3/h6-7,15H,1-5H2,(H,19,21). The quantitative estimate of drug-likeness (QED) is 0.851. The first kappa shape index (κ1) is 13.5. The summed E-state index contributed by atoms with van der Waals surface area (Å²) in [6.45, 7) is 11.8. The Bertz CT molecular complexity index is 829. The van der Waals surface area contributed by atoms with E-state index in [-0.39, 0.29) is 11.9 Å². The second-order valence-corrected chi connectivity index (χ2v) is 5.20. The lowest BCUT2D eigenvalue weighted by atomic mass is 10.0. The van der Waals surface area contributed by atoms with Gasteiger partial charge in [0.1, 0.15) is 0 Å². The van der Waals surface area contributed by atoms with Gasteiger partial charge in [0.2, 0.25) is 5.91 Å². The van der Waals surface area contributed by atoms with E-state index in [4.69, 9.17) is 0 Å². The smallest absolute Gasteiger partial charge is 0.224 e. The second kappa shape index (κ2) is 4.55. The number of carbonyl (C=O) groups excluding carboxylic acids is 1. The molecule has 2 aromatic rings. The van der Waals surface area contributed by atoms with Crippen LogP contribution >= 0.6 is 0 Å². The van der Waals surface area contributed by atoms with Crippen LogP contribution in [-0.4, -0.2) is 10.5 Å². The van der Waals surface area contributed by atoms with E-state index >= 15 is 0 Å². The van der Waals surface area contributed by atoms with Crippen molar-refractivity contribution in [1.82, 2.24) is 9.88 Å². The summed E-state index contributed by atoms with van der Waals surface area (Å²) in [4.78, 5) is 11.4. The van der Waals surface area contributed by atoms with Crippen molar-refractivity contribution in [3.8, 4) is 0 Å². The minimum Gasteiger partial charge on any atom is -0.332 e. The number of halogens is 2. The Kier molecular flexibility index (Phi) is 2.93. The van der Waals surface area contributed by atoms with Crippen LogP contribution in [0.2, 0.25) is 0 Å². The van der Waals surface area contributed by atoms with Gasteiger partial charge in [-0.2, -0.15) is 0 Å².